The molecule has 1 unspecified atom stereocenters. The van der Waals surface area contributed by atoms with Gasteiger partial charge in [0.1, 0.15) is 11.8 Å². The minimum Gasteiger partial charge on any atom is -0.378 e. The molecule has 0 radical (unpaired) electrons. The summed E-state index contributed by atoms with van der Waals surface area (Å²) in [7, 11) is 0. The van der Waals surface area contributed by atoms with Gasteiger partial charge in [-0.25, -0.2) is 4.98 Å². The van der Waals surface area contributed by atoms with Crippen molar-refractivity contribution in [3.8, 4) is 6.07 Å². The van der Waals surface area contributed by atoms with Gasteiger partial charge in [-0.15, -0.1) is 0 Å². The normalized spacial score (nSPS) is 11.5. The Kier molecular flexibility index (Phi) is 3.31. The standard InChI is InChI=1S/C13H12N4/c1-10(11-2-5-15-6-3-11)17-12-4-7-16-13(8-12)9-14/h2-8,10H,1H3,(H,16,17). The Hall–Kier alpha value is -2.41. The molecule has 0 bridgehead atoms. The van der Waals surface area contributed by atoms with Gasteiger partial charge in [-0.2, -0.15) is 5.26 Å². The third kappa shape index (κ3) is 2.79. The monoisotopic (exact) mass is 224 g/mol. The van der Waals surface area contributed by atoms with Crippen LogP contribution in [0.4, 0.5) is 5.69 Å². The Morgan fingerprint density at radius 3 is 2.71 bits per heavy atom. The molecule has 0 amide bonds. The average molecular weight is 224 g/mol. The van der Waals surface area contributed by atoms with Crippen LogP contribution in [0.5, 0.6) is 0 Å². The number of nitrogens with one attached hydrogen (secondary N) is 1. The summed E-state index contributed by atoms with van der Waals surface area (Å²) in [5, 5.41) is 12.1. The average Bonchev–Trinajstić information content (AvgIpc) is 2.40. The molecular formula is C13H12N4. The van der Waals surface area contributed by atoms with Crippen molar-refractivity contribution in [2.24, 2.45) is 0 Å². The van der Waals surface area contributed by atoms with E-state index in [-0.39, 0.29) is 6.04 Å². The zero-order valence-corrected chi connectivity index (χ0v) is 9.46. The zero-order valence-electron chi connectivity index (χ0n) is 9.46. The minimum absolute atomic E-state index is 0.159. The Balaban J connectivity index is 2.13. The van der Waals surface area contributed by atoms with E-state index in [2.05, 4.69) is 22.2 Å². The van der Waals surface area contributed by atoms with Crippen LogP contribution in [0.2, 0.25) is 0 Å². The lowest BCUT2D eigenvalue weighted by Crippen LogP contribution is -2.06. The maximum atomic E-state index is 8.76. The largest absolute Gasteiger partial charge is 0.378 e. The highest BCUT2D eigenvalue weighted by Gasteiger charge is 2.05. The molecule has 2 aromatic heterocycles. The molecule has 1 atom stereocenters. The number of hydrogen-bond donors (Lipinski definition) is 1. The number of hydrogen-bond acceptors (Lipinski definition) is 4. The van der Waals surface area contributed by atoms with Crippen LogP contribution in [0.3, 0.4) is 0 Å². The molecular weight excluding hydrogens is 212 g/mol. The van der Waals surface area contributed by atoms with Crippen molar-refractivity contribution in [3.05, 3.63) is 54.1 Å². The Morgan fingerprint density at radius 1 is 1.24 bits per heavy atom. The summed E-state index contributed by atoms with van der Waals surface area (Å²) in [6.07, 6.45) is 5.15. The number of rotatable bonds is 3. The molecule has 2 rings (SSSR count). The third-order valence-corrected chi connectivity index (χ3v) is 2.46. The minimum atomic E-state index is 0.159. The SMILES string of the molecule is CC(Nc1ccnc(C#N)c1)c1ccncc1. The lowest BCUT2D eigenvalue weighted by molar-refractivity contribution is 0.880. The fourth-order valence-electron chi connectivity index (χ4n) is 1.57. The maximum absolute atomic E-state index is 8.76. The quantitative estimate of drug-likeness (QED) is 0.870. The first-order chi connectivity index (χ1) is 8.29. The van der Waals surface area contributed by atoms with Gasteiger partial charge in [-0.3, -0.25) is 4.98 Å². The summed E-state index contributed by atoms with van der Waals surface area (Å²) in [4.78, 5) is 7.91. The van der Waals surface area contributed by atoms with Gasteiger partial charge in [0, 0.05) is 30.3 Å². The first-order valence-electron chi connectivity index (χ1n) is 5.32. The van der Waals surface area contributed by atoms with Crippen molar-refractivity contribution in [1.82, 2.24) is 9.97 Å². The van der Waals surface area contributed by atoms with E-state index in [4.69, 9.17) is 5.26 Å². The number of nitriles is 1. The first-order valence-corrected chi connectivity index (χ1v) is 5.32. The van der Waals surface area contributed by atoms with Gasteiger partial charge in [-0.05, 0) is 36.8 Å². The van der Waals surface area contributed by atoms with Crippen LogP contribution in [-0.2, 0) is 0 Å². The molecule has 0 fully saturated rings. The summed E-state index contributed by atoms with van der Waals surface area (Å²) < 4.78 is 0. The number of pyridine rings is 2. The van der Waals surface area contributed by atoms with Gasteiger partial charge < -0.3 is 5.32 Å². The molecule has 84 valence electrons. The van der Waals surface area contributed by atoms with Crippen molar-refractivity contribution in [1.29, 1.82) is 5.26 Å². The highest BCUT2D eigenvalue weighted by Crippen LogP contribution is 2.18. The van der Waals surface area contributed by atoms with Crippen molar-refractivity contribution in [2.45, 2.75) is 13.0 Å². The fourth-order valence-corrected chi connectivity index (χ4v) is 1.57. The molecule has 0 saturated heterocycles. The van der Waals surface area contributed by atoms with Gasteiger partial charge in [0.2, 0.25) is 0 Å². The van der Waals surface area contributed by atoms with Gasteiger partial charge in [0.15, 0.2) is 0 Å². The smallest absolute Gasteiger partial charge is 0.142 e. The van der Waals surface area contributed by atoms with E-state index in [1.54, 1.807) is 24.7 Å². The van der Waals surface area contributed by atoms with E-state index in [9.17, 15) is 0 Å². The van der Waals surface area contributed by atoms with Crippen LogP contribution in [0.25, 0.3) is 0 Å². The Bertz CT molecular complexity index is 531. The van der Waals surface area contributed by atoms with Crippen LogP contribution in [-0.4, -0.2) is 9.97 Å². The molecule has 2 heterocycles. The highest BCUT2D eigenvalue weighted by atomic mass is 14.9. The maximum Gasteiger partial charge on any atom is 0.142 e. The van der Waals surface area contributed by atoms with E-state index < -0.39 is 0 Å². The predicted octanol–water partition coefficient (Wildman–Crippen LogP) is 2.52. The van der Waals surface area contributed by atoms with Crippen molar-refractivity contribution in [3.63, 3.8) is 0 Å². The second-order valence-corrected chi connectivity index (χ2v) is 3.69. The second kappa shape index (κ2) is 5.08. The van der Waals surface area contributed by atoms with Gasteiger partial charge >= 0.3 is 0 Å². The van der Waals surface area contributed by atoms with Crippen LogP contribution in [0.1, 0.15) is 24.2 Å². The summed E-state index contributed by atoms with van der Waals surface area (Å²) in [5.41, 5.74) is 2.45. The topological polar surface area (TPSA) is 61.6 Å². The van der Waals surface area contributed by atoms with E-state index in [1.807, 2.05) is 24.3 Å². The van der Waals surface area contributed by atoms with Crippen LogP contribution < -0.4 is 5.32 Å². The lowest BCUT2D eigenvalue weighted by Gasteiger charge is -2.15. The van der Waals surface area contributed by atoms with Crippen molar-refractivity contribution in [2.75, 3.05) is 5.32 Å². The lowest BCUT2D eigenvalue weighted by atomic mass is 10.1. The fraction of sp³-hybridized carbons (Fsp3) is 0.154. The molecule has 17 heavy (non-hydrogen) atoms. The third-order valence-electron chi connectivity index (χ3n) is 2.46. The van der Waals surface area contributed by atoms with E-state index in [0.717, 1.165) is 11.3 Å². The molecule has 0 saturated carbocycles. The van der Waals surface area contributed by atoms with Crippen LogP contribution >= 0.6 is 0 Å². The van der Waals surface area contributed by atoms with Gasteiger partial charge in [-0.1, -0.05) is 0 Å². The zero-order chi connectivity index (χ0) is 12.1. The number of nitrogens with zero attached hydrogens (tertiary/aromatic N) is 3. The van der Waals surface area contributed by atoms with Crippen molar-refractivity contribution >= 4 is 5.69 Å². The molecule has 0 aliphatic carbocycles. The Labute approximate surface area is 100.0 Å². The molecule has 4 heteroatoms. The number of anilines is 1. The van der Waals surface area contributed by atoms with E-state index in [1.165, 1.54) is 0 Å². The molecule has 0 aliphatic heterocycles. The van der Waals surface area contributed by atoms with Gasteiger partial charge in [0.05, 0.1) is 0 Å². The predicted molar refractivity (Wildman–Crippen MR) is 65.2 cm³/mol. The summed E-state index contributed by atoms with van der Waals surface area (Å²) in [6.45, 7) is 2.06. The molecule has 0 aliphatic rings. The molecule has 4 nitrogen and oxygen atoms in total. The summed E-state index contributed by atoms with van der Waals surface area (Å²) >= 11 is 0. The molecule has 1 N–H and O–H groups in total. The van der Waals surface area contributed by atoms with Crippen LogP contribution in [0, 0.1) is 11.3 Å². The highest BCUT2D eigenvalue weighted by molar-refractivity contribution is 5.47. The Morgan fingerprint density at radius 2 is 2.00 bits per heavy atom. The van der Waals surface area contributed by atoms with E-state index >= 15 is 0 Å². The number of aromatic nitrogens is 2. The summed E-state index contributed by atoms with van der Waals surface area (Å²) in [5.74, 6) is 0. The first kappa shape index (κ1) is 11.1. The molecule has 2 aromatic rings. The summed E-state index contributed by atoms with van der Waals surface area (Å²) in [6, 6.07) is 9.68. The molecule has 0 spiro atoms. The second-order valence-electron chi connectivity index (χ2n) is 3.69. The molecule has 0 aromatic carbocycles. The van der Waals surface area contributed by atoms with E-state index in [0.29, 0.717) is 5.69 Å². The van der Waals surface area contributed by atoms with Crippen LogP contribution in [0.15, 0.2) is 42.9 Å². The van der Waals surface area contributed by atoms with Crippen molar-refractivity contribution < 1.29 is 0 Å². The van der Waals surface area contributed by atoms with Gasteiger partial charge in [0.25, 0.3) is 0 Å².